The molecule has 198 valence electrons. The summed E-state index contributed by atoms with van der Waals surface area (Å²) in [6.45, 7) is 3.89. The molecule has 0 unspecified atom stereocenters. The van der Waals surface area contributed by atoms with E-state index in [9.17, 15) is 9.59 Å². The quantitative estimate of drug-likeness (QED) is 0.219. The molecule has 0 saturated heterocycles. The van der Waals surface area contributed by atoms with E-state index in [0.29, 0.717) is 5.16 Å². The first-order chi connectivity index (χ1) is 19.0. The van der Waals surface area contributed by atoms with Gasteiger partial charge in [-0.1, -0.05) is 91.7 Å². The molecule has 0 bridgehead atoms. The average molecular weight is 536 g/mol. The molecular formula is C33H33N3O2S. The van der Waals surface area contributed by atoms with E-state index >= 15 is 0 Å². The molecule has 2 aliphatic carbocycles. The van der Waals surface area contributed by atoms with Crippen LogP contribution in [0.1, 0.15) is 55.7 Å². The number of para-hydroxylation sites is 2. The number of aromatic nitrogens is 2. The highest BCUT2D eigenvalue weighted by molar-refractivity contribution is 8.00. The Morgan fingerprint density at radius 1 is 0.949 bits per heavy atom. The molecule has 5 nitrogen and oxygen atoms in total. The average Bonchev–Trinajstić information content (AvgIpc) is 2.95. The smallest absolute Gasteiger partial charge is 0.263 e. The Balaban J connectivity index is 1.52. The van der Waals surface area contributed by atoms with Gasteiger partial charge >= 0.3 is 0 Å². The Labute approximate surface area is 233 Å². The number of anilines is 1. The number of fused-ring (bicyclic) bond motifs is 4. The number of nitrogens with one attached hydrogen (secondary N) is 1. The zero-order valence-corrected chi connectivity index (χ0v) is 23.3. The van der Waals surface area contributed by atoms with Gasteiger partial charge < -0.3 is 5.32 Å². The zero-order valence-electron chi connectivity index (χ0n) is 22.4. The second-order valence-corrected chi connectivity index (χ2v) is 12.1. The van der Waals surface area contributed by atoms with Crippen LogP contribution in [0.25, 0.3) is 16.9 Å². The van der Waals surface area contributed by atoms with Gasteiger partial charge in [-0.05, 0) is 62.4 Å². The third-order valence-electron chi connectivity index (χ3n) is 8.24. The first kappa shape index (κ1) is 25.6. The maximum Gasteiger partial charge on any atom is 0.263 e. The molecular weight excluding hydrogens is 502 g/mol. The summed E-state index contributed by atoms with van der Waals surface area (Å²) in [6.07, 6.45) is 6.34. The number of rotatable bonds is 5. The maximum atomic E-state index is 14.7. The molecule has 4 aromatic rings. The van der Waals surface area contributed by atoms with Crippen molar-refractivity contribution in [3.8, 4) is 16.9 Å². The number of aryl methyl sites for hydroxylation is 1. The number of nitrogens with zero attached hydrogens (tertiary/aromatic N) is 2. The molecule has 6 heteroatoms. The Morgan fingerprint density at radius 2 is 1.64 bits per heavy atom. The lowest BCUT2D eigenvalue weighted by atomic mass is 9.62. The number of carbonyl (C=O) groups excluding carboxylic acids is 1. The highest BCUT2D eigenvalue weighted by Gasteiger charge is 2.43. The topological polar surface area (TPSA) is 64.0 Å². The second-order valence-electron chi connectivity index (χ2n) is 10.8. The number of benzene rings is 3. The van der Waals surface area contributed by atoms with Crippen LogP contribution in [0, 0.1) is 6.92 Å². The molecule has 6 rings (SSSR count). The summed E-state index contributed by atoms with van der Waals surface area (Å²) in [5, 5.41) is 3.08. The summed E-state index contributed by atoms with van der Waals surface area (Å²) in [6, 6.07) is 25.8. The van der Waals surface area contributed by atoms with Crippen LogP contribution in [0.4, 0.5) is 5.69 Å². The fourth-order valence-electron chi connectivity index (χ4n) is 6.27. The van der Waals surface area contributed by atoms with E-state index in [4.69, 9.17) is 4.98 Å². The molecule has 1 heterocycles. The van der Waals surface area contributed by atoms with Gasteiger partial charge in [0.15, 0.2) is 5.16 Å². The highest BCUT2D eigenvalue weighted by Crippen LogP contribution is 2.49. The van der Waals surface area contributed by atoms with Gasteiger partial charge in [0.05, 0.1) is 22.2 Å². The van der Waals surface area contributed by atoms with Crippen LogP contribution in [-0.4, -0.2) is 20.7 Å². The van der Waals surface area contributed by atoms with E-state index in [0.717, 1.165) is 65.9 Å². The van der Waals surface area contributed by atoms with Crippen molar-refractivity contribution in [2.24, 2.45) is 0 Å². The lowest BCUT2D eigenvalue weighted by molar-refractivity contribution is -0.115. The van der Waals surface area contributed by atoms with Gasteiger partial charge in [-0.15, -0.1) is 0 Å². The van der Waals surface area contributed by atoms with Gasteiger partial charge in [-0.2, -0.15) is 0 Å². The lowest BCUT2D eigenvalue weighted by Crippen LogP contribution is -2.43. The van der Waals surface area contributed by atoms with E-state index in [1.807, 2.05) is 74.5 Å². The summed E-state index contributed by atoms with van der Waals surface area (Å²) >= 11 is 1.34. The van der Waals surface area contributed by atoms with Crippen LogP contribution >= 0.6 is 11.8 Å². The third-order valence-corrected chi connectivity index (χ3v) is 9.30. The number of hydrogen-bond donors (Lipinski definition) is 1. The van der Waals surface area contributed by atoms with E-state index in [1.54, 1.807) is 4.57 Å². The minimum absolute atomic E-state index is 0.00358. The van der Waals surface area contributed by atoms with Gasteiger partial charge in [0, 0.05) is 16.7 Å². The zero-order chi connectivity index (χ0) is 27.0. The number of carbonyl (C=O) groups is 1. The normalized spacial score (nSPS) is 16.3. The van der Waals surface area contributed by atoms with Crippen molar-refractivity contribution in [1.82, 2.24) is 9.55 Å². The van der Waals surface area contributed by atoms with Crippen molar-refractivity contribution in [3.63, 3.8) is 0 Å². The first-order valence-electron chi connectivity index (χ1n) is 13.8. The molecule has 1 spiro atoms. The monoisotopic (exact) mass is 535 g/mol. The SMILES string of the molecule is Cc1ccccc1-n1c(S[C@@H](C)C(=O)Nc2ccccc2)nc2c(c1=O)C1(CCCCC1)Cc1ccccc1-2. The van der Waals surface area contributed by atoms with Gasteiger partial charge in [-0.25, -0.2) is 4.98 Å². The molecule has 39 heavy (non-hydrogen) atoms. The van der Waals surface area contributed by atoms with Gasteiger partial charge in [0.1, 0.15) is 0 Å². The van der Waals surface area contributed by atoms with Crippen molar-refractivity contribution in [2.45, 2.75) is 68.2 Å². The summed E-state index contributed by atoms with van der Waals surface area (Å²) in [7, 11) is 0. The van der Waals surface area contributed by atoms with Crippen molar-refractivity contribution in [2.75, 3.05) is 5.32 Å². The largest absolute Gasteiger partial charge is 0.325 e. The molecule has 3 aromatic carbocycles. The molecule has 1 atom stereocenters. The van der Waals surface area contributed by atoms with E-state index in [2.05, 4.69) is 23.5 Å². The molecule has 1 N–H and O–H groups in total. The van der Waals surface area contributed by atoms with Crippen LogP contribution in [-0.2, 0) is 16.6 Å². The standard InChI is InChI=1S/C33H33N3O2S/c1-22-13-7-10-18-27(22)36-31(38)28-29(26-17-9-8-14-24(26)21-33(28)19-11-4-12-20-33)35-32(36)39-23(2)30(37)34-25-15-5-3-6-16-25/h3,5-10,13-18,23H,4,11-12,19-21H2,1-2H3,(H,34,37)/t23-/m0/s1. The molecule has 0 radical (unpaired) electrons. The van der Waals surface area contributed by atoms with Gasteiger partial charge in [0.2, 0.25) is 5.91 Å². The van der Waals surface area contributed by atoms with Crippen LogP contribution in [0.3, 0.4) is 0 Å². The fraction of sp³-hybridized carbons (Fsp3) is 0.303. The number of amides is 1. The Bertz CT molecular complexity index is 1590. The Morgan fingerprint density at radius 3 is 2.41 bits per heavy atom. The van der Waals surface area contributed by atoms with Crippen LogP contribution in [0.2, 0.25) is 0 Å². The molecule has 1 amide bonds. The summed E-state index contributed by atoms with van der Waals surface area (Å²) in [5.74, 6) is -0.126. The molecule has 2 aliphatic rings. The minimum atomic E-state index is -0.465. The summed E-state index contributed by atoms with van der Waals surface area (Å²) in [4.78, 5) is 33.2. The van der Waals surface area contributed by atoms with Crippen molar-refractivity contribution in [1.29, 1.82) is 0 Å². The van der Waals surface area contributed by atoms with Crippen LogP contribution in [0.15, 0.2) is 88.8 Å². The number of hydrogen-bond acceptors (Lipinski definition) is 4. The van der Waals surface area contributed by atoms with Crippen LogP contribution in [0.5, 0.6) is 0 Å². The predicted molar refractivity (Wildman–Crippen MR) is 159 cm³/mol. The molecule has 1 aromatic heterocycles. The van der Waals surface area contributed by atoms with Crippen molar-refractivity contribution in [3.05, 3.63) is 106 Å². The Kier molecular flexibility index (Phi) is 6.90. The first-order valence-corrected chi connectivity index (χ1v) is 14.7. The summed E-state index contributed by atoms with van der Waals surface area (Å²) in [5.41, 5.74) is 6.33. The maximum absolute atomic E-state index is 14.7. The minimum Gasteiger partial charge on any atom is -0.325 e. The highest BCUT2D eigenvalue weighted by atomic mass is 32.2. The summed E-state index contributed by atoms with van der Waals surface area (Å²) < 4.78 is 1.77. The second kappa shape index (κ2) is 10.5. The third kappa shape index (κ3) is 4.71. The lowest BCUT2D eigenvalue weighted by Gasteiger charge is -2.42. The van der Waals surface area contributed by atoms with Gasteiger partial charge in [-0.3, -0.25) is 14.2 Å². The fourth-order valence-corrected chi connectivity index (χ4v) is 7.18. The van der Waals surface area contributed by atoms with E-state index in [1.165, 1.54) is 23.7 Å². The van der Waals surface area contributed by atoms with Crippen molar-refractivity contribution >= 4 is 23.4 Å². The molecule has 0 aliphatic heterocycles. The van der Waals surface area contributed by atoms with Crippen LogP contribution < -0.4 is 10.9 Å². The van der Waals surface area contributed by atoms with E-state index in [-0.39, 0.29) is 16.9 Å². The molecule has 1 saturated carbocycles. The van der Waals surface area contributed by atoms with Crippen molar-refractivity contribution < 1.29 is 4.79 Å². The van der Waals surface area contributed by atoms with E-state index < -0.39 is 5.25 Å². The number of thioether (sulfide) groups is 1. The molecule has 1 fully saturated rings. The predicted octanol–water partition coefficient (Wildman–Crippen LogP) is 7.09. The van der Waals surface area contributed by atoms with Gasteiger partial charge in [0.25, 0.3) is 5.56 Å². The Hall–Kier alpha value is -3.64.